The Bertz CT molecular complexity index is 51.7. The highest BCUT2D eigenvalue weighted by molar-refractivity contribution is 5.32. The maximum atomic E-state index is 8.36. The molecular formula is C6H16N2O2. The molecule has 0 bridgehead atoms. The monoisotopic (exact) mass is 148 g/mol. The number of hydrogen-bond acceptors (Lipinski definition) is 3. The molecule has 0 amide bonds. The van der Waals surface area contributed by atoms with E-state index in [1.807, 2.05) is 0 Å². The van der Waals surface area contributed by atoms with Crippen LogP contribution in [0.5, 0.6) is 0 Å². The molecule has 0 saturated heterocycles. The lowest BCUT2D eigenvalue weighted by atomic mass is 10.0. The van der Waals surface area contributed by atoms with Gasteiger partial charge in [-0.25, -0.2) is 0 Å². The molecule has 4 N–H and O–H groups in total. The third-order valence-electron chi connectivity index (χ3n) is 1.000. The summed E-state index contributed by atoms with van der Waals surface area (Å²) in [4.78, 5) is 8.36. The highest BCUT2D eigenvalue weighted by Gasteiger charge is 1.95. The van der Waals surface area contributed by atoms with Crippen LogP contribution in [-0.2, 0) is 4.79 Å². The van der Waals surface area contributed by atoms with E-state index >= 15 is 0 Å². The number of rotatable bonds is 0. The zero-order valence-corrected chi connectivity index (χ0v) is 6.34. The summed E-state index contributed by atoms with van der Waals surface area (Å²) in [6.07, 6.45) is 6.00. The second-order valence-corrected chi connectivity index (χ2v) is 1.81. The lowest BCUT2D eigenvalue weighted by Gasteiger charge is -2.05. The van der Waals surface area contributed by atoms with Gasteiger partial charge in [0, 0.05) is 0 Å². The minimum absolute atomic E-state index is 0.250. The van der Waals surface area contributed by atoms with Crippen LogP contribution in [0.2, 0.25) is 0 Å². The quantitative estimate of drug-likeness (QED) is 0.263. The summed E-state index contributed by atoms with van der Waals surface area (Å²) in [5.41, 5.74) is 2.25. The van der Waals surface area contributed by atoms with Gasteiger partial charge in [-0.05, 0) is 7.05 Å². The lowest BCUT2D eigenvalue weighted by molar-refractivity contribution is -0.122. The molecule has 1 rings (SSSR count). The standard InChI is InChI=1S/C4H8.CH6N2.CH2O2/c1-2-4-3-1;1-3-2;2-1-3/h1-4H2;3H,2H2,1H3;1H,(H,2,3). The Morgan fingerprint density at radius 3 is 1.50 bits per heavy atom. The number of nitrogens with two attached hydrogens (primary N) is 1. The molecule has 1 saturated carbocycles. The summed E-state index contributed by atoms with van der Waals surface area (Å²) < 4.78 is 0. The van der Waals surface area contributed by atoms with Crippen LogP contribution in [0.15, 0.2) is 0 Å². The summed E-state index contributed by atoms with van der Waals surface area (Å²) in [5, 5.41) is 6.89. The van der Waals surface area contributed by atoms with E-state index < -0.39 is 0 Å². The molecule has 0 atom stereocenters. The van der Waals surface area contributed by atoms with Crippen molar-refractivity contribution in [1.82, 2.24) is 5.43 Å². The second-order valence-electron chi connectivity index (χ2n) is 1.81. The maximum absolute atomic E-state index is 8.36. The van der Waals surface area contributed by atoms with Crippen molar-refractivity contribution in [2.75, 3.05) is 7.05 Å². The first-order valence-electron chi connectivity index (χ1n) is 3.28. The third kappa shape index (κ3) is 26.3. The molecule has 0 spiro atoms. The predicted octanol–water partition coefficient (Wildman–Crippen LogP) is 0.341. The Morgan fingerprint density at radius 1 is 1.40 bits per heavy atom. The van der Waals surface area contributed by atoms with E-state index in [9.17, 15) is 0 Å². The summed E-state index contributed by atoms with van der Waals surface area (Å²) in [7, 11) is 1.65. The molecule has 0 unspecified atom stereocenters. The largest absolute Gasteiger partial charge is 0.483 e. The van der Waals surface area contributed by atoms with Crippen molar-refractivity contribution in [3.8, 4) is 0 Å². The van der Waals surface area contributed by atoms with Crippen molar-refractivity contribution in [1.29, 1.82) is 0 Å². The van der Waals surface area contributed by atoms with Gasteiger partial charge in [0.2, 0.25) is 0 Å². The molecule has 1 aliphatic rings. The van der Waals surface area contributed by atoms with Crippen molar-refractivity contribution in [3.05, 3.63) is 0 Å². The smallest absolute Gasteiger partial charge is 0.290 e. The van der Waals surface area contributed by atoms with Crippen LogP contribution < -0.4 is 11.3 Å². The summed E-state index contributed by atoms with van der Waals surface area (Å²) in [5.74, 6) is 4.60. The average molecular weight is 148 g/mol. The molecule has 0 aliphatic heterocycles. The van der Waals surface area contributed by atoms with Crippen molar-refractivity contribution in [2.45, 2.75) is 25.7 Å². The van der Waals surface area contributed by atoms with Crippen LogP contribution >= 0.6 is 0 Å². The van der Waals surface area contributed by atoms with Crippen molar-refractivity contribution in [3.63, 3.8) is 0 Å². The van der Waals surface area contributed by atoms with Crippen LogP contribution in [0.1, 0.15) is 25.7 Å². The van der Waals surface area contributed by atoms with Gasteiger partial charge in [-0.2, -0.15) is 0 Å². The molecule has 1 fully saturated rings. The molecule has 0 heterocycles. The van der Waals surface area contributed by atoms with Gasteiger partial charge in [0.1, 0.15) is 0 Å². The molecule has 10 heavy (non-hydrogen) atoms. The van der Waals surface area contributed by atoms with Gasteiger partial charge in [0.15, 0.2) is 0 Å². The Kier molecular flexibility index (Phi) is 19.1. The molecule has 4 heteroatoms. The molecule has 62 valence electrons. The van der Waals surface area contributed by atoms with Gasteiger partial charge in [-0.3, -0.25) is 16.1 Å². The summed E-state index contributed by atoms with van der Waals surface area (Å²) in [6, 6.07) is 0. The Hall–Kier alpha value is -0.610. The molecular weight excluding hydrogens is 132 g/mol. The zero-order chi connectivity index (χ0) is 8.24. The Labute approximate surface area is 61.4 Å². The first kappa shape index (κ1) is 12.1. The minimum atomic E-state index is -0.250. The van der Waals surface area contributed by atoms with E-state index in [0.717, 1.165) is 0 Å². The normalized spacial score (nSPS) is 12.6. The first-order chi connectivity index (χ1) is 4.83. The van der Waals surface area contributed by atoms with Crippen LogP contribution in [-0.4, -0.2) is 18.6 Å². The average Bonchev–Trinajstić information content (AvgIpc) is 1.62. The first-order valence-corrected chi connectivity index (χ1v) is 3.28. The zero-order valence-electron chi connectivity index (χ0n) is 6.34. The SMILES string of the molecule is C1CCC1.CNN.O=CO. The van der Waals surface area contributed by atoms with Crippen LogP contribution in [0, 0.1) is 0 Å². The third-order valence-corrected chi connectivity index (χ3v) is 1.000. The Balaban J connectivity index is 0. The molecule has 1 aliphatic carbocycles. The maximum Gasteiger partial charge on any atom is 0.290 e. The Morgan fingerprint density at radius 2 is 1.50 bits per heavy atom. The van der Waals surface area contributed by atoms with Gasteiger partial charge >= 0.3 is 0 Å². The number of nitrogens with one attached hydrogen (secondary N) is 1. The van der Waals surface area contributed by atoms with E-state index in [1.165, 1.54) is 25.7 Å². The minimum Gasteiger partial charge on any atom is -0.483 e. The van der Waals surface area contributed by atoms with Crippen LogP contribution in [0.3, 0.4) is 0 Å². The number of carboxylic acid groups (broad SMARTS) is 1. The summed E-state index contributed by atoms with van der Waals surface area (Å²) >= 11 is 0. The molecule has 0 aromatic rings. The highest BCUT2D eigenvalue weighted by Crippen LogP contribution is 2.15. The molecule has 4 nitrogen and oxygen atoms in total. The van der Waals surface area contributed by atoms with Crippen molar-refractivity contribution >= 4 is 6.47 Å². The topological polar surface area (TPSA) is 75.3 Å². The second kappa shape index (κ2) is 15.8. The fraction of sp³-hybridized carbons (Fsp3) is 0.833. The van der Waals surface area contributed by atoms with Crippen molar-refractivity contribution < 1.29 is 9.90 Å². The van der Waals surface area contributed by atoms with Gasteiger partial charge in [0.25, 0.3) is 6.47 Å². The lowest BCUT2D eigenvalue weighted by Crippen LogP contribution is -2.13. The summed E-state index contributed by atoms with van der Waals surface area (Å²) in [6.45, 7) is -0.250. The van der Waals surface area contributed by atoms with E-state index in [2.05, 4.69) is 11.3 Å². The fourth-order valence-corrected chi connectivity index (χ4v) is 0.250. The fourth-order valence-electron chi connectivity index (χ4n) is 0.250. The van der Waals surface area contributed by atoms with Crippen LogP contribution in [0.4, 0.5) is 0 Å². The van der Waals surface area contributed by atoms with Gasteiger partial charge in [-0.15, -0.1) is 0 Å². The molecule has 0 aromatic carbocycles. The molecule has 0 aromatic heterocycles. The number of carbonyl (C=O) groups is 1. The number of hydrazine groups is 1. The van der Waals surface area contributed by atoms with Gasteiger partial charge < -0.3 is 5.11 Å². The van der Waals surface area contributed by atoms with Gasteiger partial charge in [0.05, 0.1) is 0 Å². The molecule has 0 radical (unpaired) electrons. The van der Waals surface area contributed by atoms with Crippen LogP contribution in [0.25, 0.3) is 0 Å². The highest BCUT2D eigenvalue weighted by atomic mass is 16.3. The van der Waals surface area contributed by atoms with E-state index in [-0.39, 0.29) is 6.47 Å². The van der Waals surface area contributed by atoms with Gasteiger partial charge in [-0.1, -0.05) is 25.7 Å². The van der Waals surface area contributed by atoms with Crippen molar-refractivity contribution in [2.24, 2.45) is 5.84 Å². The predicted molar refractivity (Wildman–Crippen MR) is 40.4 cm³/mol. The van der Waals surface area contributed by atoms with E-state index in [0.29, 0.717) is 0 Å². The van der Waals surface area contributed by atoms with E-state index in [1.54, 1.807) is 7.05 Å². The number of hydrogen-bond donors (Lipinski definition) is 3. The van der Waals surface area contributed by atoms with E-state index in [4.69, 9.17) is 9.90 Å².